The van der Waals surface area contributed by atoms with E-state index in [1.54, 1.807) is 17.0 Å². The zero-order chi connectivity index (χ0) is 24.7. The molecule has 0 bridgehead atoms. The minimum atomic E-state index is -4.59. The number of piperidine rings is 1. The van der Waals surface area contributed by atoms with Gasteiger partial charge in [0.1, 0.15) is 5.75 Å². The highest BCUT2D eigenvalue weighted by Crippen LogP contribution is 2.34. The van der Waals surface area contributed by atoms with Gasteiger partial charge in [-0.25, -0.2) is 0 Å². The number of hydrogen-bond donors (Lipinski definition) is 2. The van der Waals surface area contributed by atoms with Gasteiger partial charge in [-0.15, -0.1) is 0 Å². The van der Waals surface area contributed by atoms with E-state index in [0.717, 1.165) is 18.2 Å². The first-order valence-electron chi connectivity index (χ1n) is 10.9. The first-order valence-corrected chi connectivity index (χ1v) is 10.9. The Morgan fingerprint density at radius 2 is 1.68 bits per heavy atom. The van der Waals surface area contributed by atoms with Crippen LogP contribution in [0.2, 0.25) is 0 Å². The Kier molecular flexibility index (Phi) is 8.14. The minimum absolute atomic E-state index is 0.0828. The highest BCUT2D eigenvalue weighted by Gasteiger charge is 2.32. The Balaban J connectivity index is 1.54. The largest absolute Gasteiger partial charge is 0.493 e. The molecule has 0 saturated carbocycles. The van der Waals surface area contributed by atoms with Crippen molar-refractivity contribution in [3.8, 4) is 5.75 Å². The zero-order valence-electron chi connectivity index (χ0n) is 18.7. The molecular weight excluding hydrogens is 451 g/mol. The Hall–Kier alpha value is -3.56. The number of para-hydroxylation sites is 1. The molecule has 1 fully saturated rings. The van der Waals surface area contributed by atoms with E-state index in [9.17, 15) is 27.6 Å². The van der Waals surface area contributed by atoms with Gasteiger partial charge in [0.25, 0.3) is 0 Å². The van der Waals surface area contributed by atoms with Crippen LogP contribution in [0.15, 0.2) is 48.5 Å². The number of alkyl halides is 3. The molecule has 34 heavy (non-hydrogen) atoms. The number of carbonyl (C=O) groups is 3. The molecular formula is C24H26F3N3O4. The van der Waals surface area contributed by atoms with Gasteiger partial charge in [0.05, 0.1) is 30.0 Å². The number of likely N-dealkylation sites (tertiary alicyclic amines) is 1. The second-order valence-corrected chi connectivity index (χ2v) is 8.00. The van der Waals surface area contributed by atoms with Crippen LogP contribution in [-0.4, -0.2) is 42.3 Å². The number of anilines is 2. The van der Waals surface area contributed by atoms with Crippen molar-refractivity contribution in [3.63, 3.8) is 0 Å². The van der Waals surface area contributed by atoms with Gasteiger partial charge in [0, 0.05) is 25.9 Å². The molecule has 0 atom stereocenters. The molecule has 0 radical (unpaired) electrons. The van der Waals surface area contributed by atoms with Crippen LogP contribution in [0.4, 0.5) is 24.5 Å². The quantitative estimate of drug-likeness (QED) is 0.622. The summed E-state index contributed by atoms with van der Waals surface area (Å²) in [4.78, 5) is 38.2. The van der Waals surface area contributed by atoms with Crippen LogP contribution < -0.4 is 15.4 Å². The van der Waals surface area contributed by atoms with Crippen molar-refractivity contribution in [2.24, 2.45) is 5.92 Å². The van der Waals surface area contributed by atoms with Gasteiger partial charge in [0.2, 0.25) is 17.7 Å². The summed E-state index contributed by atoms with van der Waals surface area (Å²) in [5, 5.41) is 4.95. The SMILES string of the molecule is CC(=O)Nc1ccc(C(F)(F)F)cc1NC(=O)C1CCN(C(=O)CCOc2ccccc2)CC1. The zero-order valence-corrected chi connectivity index (χ0v) is 18.7. The summed E-state index contributed by atoms with van der Waals surface area (Å²) in [6, 6.07) is 11.9. The number of carbonyl (C=O) groups excluding carboxylic acids is 3. The van der Waals surface area contributed by atoms with Gasteiger partial charge in [-0.1, -0.05) is 18.2 Å². The number of ether oxygens (including phenoxy) is 1. The third-order valence-corrected chi connectivity index (χ3v) is 5.46. The summed E-state index contributed by atoms with van der Waals surface area (Å²) in [6.45, 7) is 2.19. The predicted molar refractivity (Wildman–Crippen MR) is 120 cm³/mol. The van der Waals surface area contributed by atoms with Crippen LogP contribution in [0.3, 0.4) is 0 Å². The number of hydrogen-bond acceptors (Lipinski definition) is 4. The molecule has 1 aliphatic rings. The Labute approximate surface area is 195 Å². The fraction of sp³-hybridized carbons (Fsp3) is 0.375. The van der Waals surface area contributed by atoms with Gasteiger partial charge in [-0.2, -0.15) is 13.2 Å². The Morgan fingerprint density at radius 1 is 1.00 bits per heavy atom. The average molecular weight is 477 g/mol. The van der Waals surface area contributed by atoms with Crippen molar-refractivity contribution >= 4 is 29.1 Å². The molecule has 1 aliphatic heterocycles. The van der Waals surface area contributed by atoms with Crippen LogP contribution in [0.5, 0.6) is 5.75 Å². The van der Waals surface area contributed by atoms with E-state index in [2.05, 4.69) is 10.6 Å². The van der Waals surface area contributed by atoms with Crippen LogP contribution in [0.25, 0.3) is 0 Å². The van der Waals surface area contributed by atoms with E-state index < -0.39 is 29.5 Å². The standard InChI is InChI=1S/C24H26F3N3O4/c1-16(31)28-20-8-7-18(24(25,26)27)15-21(20)29-23(33)17-9-12-30(13-10-17)22(32)11-14-34-19-5-3-2-4-6-19/h2-8,15,17H,9-14H2,1H3,(H,28,31)(H,29,33). The van der Waals surface area contributed by atoms with Crippen LogP contribution in [0, 0.1) is 5.92 Å². The Morgan fingerprint density at radius 3 is 2.29 bits per heavy atom. The van der Waals surface area contributed by atoms with Crippen molar-refractivity contribution in [1.29, 1.82) is 0 Å². The van der Waals surface area contributed by atoms with Gasteiger partial charge < -0.3 is 20.3 Å². The predicted octanol–water partition coefficient (Wildman–Crippen LogP) is 4.31. The van der Waals surface area contributed by atoms with Crippen molar-refractivity contribution in [1.82, 2.24) is 4.90 Å². The van der Waals surface area contributed by atoms with Crippen molar-refractivity contribution in [3.05, 3.63) is 54.1 Å². The first-order chi connectivity index (χ1) is 16.1. The lowest BCUT2D eigenvalue weighted by Crippen LogP contribution is -2.41. The minimum Gasteiger partial charge on any atom is -0.493 e. The number of nitrogens with zero attached hydrogens (tertiary/aromatic N) is 1. The second-order valence-electron chi connectivity index (χ2n) is 8.00. The second kappa shape index (κ2) is 11.0. The van der Waals surface area contributed by atoms with Crippen molar-refractivity contribution in [2.45, 2.75) is 32.4 Å². The van der Waals surface area contributed by atoms with E-state index in [-0.39, 0.29) is 30.3 Å². The van der Waals surface area contributed by atoms with E-state index in [1.165, 1.54) is 6.92 Å². The lowest BCUT2D eigenvalue weighted by molar-refractivity contribution is -0.137. The van der Waals surface area contributed by atoms with Gasteiger partial charge in [-0.05, 0) is 43.2 Å². The summed E-state index contributed by atoms with van der Waals surface area (Å²) < 4.78 is 44.9. The van der Waals surface area contributed by atoms with Gasteiger partial charge in [0.15, 0.2) is 0 Å². The van der Waals surface area contributed by atoms with E-state index >= 15 is 0 Å². The summed E-state index contributed by atoms with van der Waals surface area (Å²) in [5.41, 5.74) is -0.971. The molecule has 1 saturated heterocycles. The fourth-order valence-corrected chi connectivity index (χ4v) is 3.68. The van der Waals surface area contributed by atoms with Crippen molar-refractivity contribution < 1.29 is 32.3 Å². The highest BCUT2D eigenvalue weighted by molar-refractivity contribution is 6.00. The molecule has 1 heterocycles. The van der Waals surface area contributed by atoms with Crippen LogP contribution in [-0.2, 0) is 20.6 Å². The smallest absolute Gasteiger partial charge is 0.416 e. The number of amides is 3. The number of nitrogens with one attached hydrogen (secondary N) is 2. The maximum atomic E-state index is 13.1. The fourth-order valence-electron chi connectivity index (χ4n) is 3.68. The van der Waals surface area contributed by atoms with E-state index in [1.807, 2.05) is 18.2 Å². The lowest BCUT2D eigenvalue weighted by atomic mass is 9.95. The molecule has 0 aromatic heterocycles. The summed E-state index contributed by atoms with van der Waals surface area (Å²) in [5.74, 6) is -0.799. The van der Waals surface area contributed by atoms with Gasteiger partial charge >= 0.3 is 6.18 Å². The monoisotopic (exact) mass is 477 g/mol. The van der Waals surface area contributed by atoms with Crippen LogP contribution in [0.1, 0.15) is 31.7 Å². The van der Waals surface area contributed by atoms with Crippen LogP contribution >= 0.6 is 0 Å². The molecule has 3 amide bonds. The maximum absolute atomic E-state index is 13.1. The summed E-state index contributed by atoms with van der Waals surface area (Å²) in [6.07, 6.45) is -3.63. The van der Waals surface area contributed by atoms with Crippen molar-refractivity contribution in [2.75, 3.05) is 30.3 Å². The number of benzene rings is 2. The number of halogens is 3. The topological polar surface area (TPSA) is 87.7 Å². The molecule has 0 unspecified atom stereocenters. The molecule has 10 heteroatoms. The number of rotatable bonds is 7. The summed E-state index contributed by atoms with van der Waals surface area (Å²) in [7, 11) is 0. The first kappa shape index (κ1) is 25.1. The molecule has 0 aliphatic carbocycles. The molecule has 182 valence electrons. The Bertz CT molecular complexity index is 1020. The lowest BCUT2D eigenvalue weighted by Gasteiger charge is -2.31. The molecule has 2 aromatic carbocycles. The molecule has 2 aromatic rings. The normalized spacial score (nSPS) is 14.4. The maximum Gasteiger partial charge on any atom is 0.416 e. The van der Waals surface area contributed by atoms with E-state index in [4.69, 9.17) is 4.74 Å². The average Bonchev–Trinajstić information content (AvgIpc) is 2.80. The molecule has 3 rings (SSSR count). The molecule has 0 spiro atoms. The third-order valence-electron chi connectivity index (χ3n) is 5.46. The van der Waals surface area contributed by atoms with E-state index in [0.29, 0.717) is 31.7 Å². The highest BCUT2D eigenvalue weighted by atomic mass is 19.4. The van der Waals surface area contributed by atoms with Gasteiger partial charge in [-0.3, -0.25) is 14.4 Å². The summed E-state index contributed by atoms with van der Waals surface area (Å²) >= 11 is 0. The molecule has 7 nitrogen and oxygen atoms in total. The third kappa shape index (κ3) is 6.97. The molecule has 2 N–H and O–H groups in total.